The molecule has 0 spiro atoms. The SMILES string of the molecule is CN(C)CC1[C@H]2CCC(C2)CC1(O)c1ccc(C(F)(F)F)c(O)c1. The van der Waals surface area contributed by atoms with Gasteiger partial charge in [-0.25, -0.2) is 0 Å². The molecule has 2 N–H and O–H groups in total. The monoisotopic (exact) mass is 343 g/mol. The molecule has 2 fully saturated rings. The number of hydrogen-bond acceptors (Lipinski definition) is 3. The van der Waals surface area contributed by atoms with Crippen molar-refractivity contribution in [2.45, 2.75) is 37.5 Å². The molecule has 0 heterocycles. The summed E-state index contributed by atoms with van der Waals surface area (Å²) in [7, 11) is 3.87. The van der Waals surface area contributed by atoms with Crippen LogP contribution in [-0.4, -0.2) is 35.8 Å². The summed E-state index contributed by atoms with van der Waals surface area (Å²) in [5.74, 6) is -0.0687. The van der Waals surface area contributed by atoms with E-state index in [9.17, 15) is 23.4 Å². The first kappa shape index (κ1) is 17.5. The summed E-state index contributed by atoms with van der Waals surface area (Å²) in [6, 6.07) is 3.32. The van der Waals surface area contributed by atoms with Gasteiger partial charge in [-0.15, -0.1) is 0 Å². The van der Waals surface area contributed by atoms with Crippen molar-refractivity contribution < 1.29 is 23.4 Å². The lowest BCUT2D eigenvalue weighted by atomic mass is 9.66. The molecule has 0 aromatic heterocycles. The second-order valence-corrected chi connectivity index (χ2v) is 7.67. The quantitative estimate of drug-likeness (QED) is 0.881. The third kappa shape index (κ3) is 3.02. The molecule has 2 aliphatic rings. The number of rotatable bonds is 3. The number of aromatic hydroxyl groups is 1. The molecule has 3 nitrogen and oxygen atoms in total. The predicted molar refractivity (Wildman–Crippen MR) is 84.5 cm³/mol. The summed E-state index contributed by atoms with van der Waals surface area (Å²) in [5.41, 5.74) is -1.84. The van der Waals surface area contributed by atoms with Gasteiger partial charge in [-0.3, -0.25) is 0 Å². The van der Waals surface area contributed by atoms with Crippen LogP contribution < -0.4 is 0 Å². The first-order valence-electron chi connectivity index (χ1n) is 8.39. The van der Waals surface area contributed by atoms with Gasteiger partial charge in [0.2, 0.25) is 0 Å². The molecular weight excluding hydrogens is 319 g/mol. The molecule has 2 aliphatic carbocycles. The summed E-state index contributed by atoms with van der Waals surface area (Å²) in [6.45, 7) is 0.676. The minimum Gasteiger partial charge on any atom is -0.507 e. The van der Waals surface area contributed by atoms with E-state index >= 15 is 0 Å². The molecule has 134 valence electrons. The lowest BCUT2D eigenvalue weighted by Crippen LogP contribution is -2.47. The lowest BCUT2D eigenvalue weighted by molar-refractivity contribution is -0.139. The van der Waals surface area contributed by atoms with Crippen molar-refractivity contribution in [3.8, 4) is 5.75 Å². The molecule has 1 aromatic carbocycles. The highest BCUT2D eigenvalue weighted by atomic mass is 19.4. The molecule has 1 aromatic rings. The Bertz CT molecular complexity index is 617. The standard InChI is InChI=1S/C18H24F3NO2/c1-22(2)10-15-12-4-3-11(7-12)9-17(15,24)13-5-6-14(16(23)8-13)18(19,20)21/h5-6,8,11-12,15,23-24H,3-4,7,9-10H2,1-2H3/t11?,12-,15?,17?/m0/s1. The van der Waals surface area contributed by atoms with E-state index in [-0.39, 0.29) is 5.92 Å². The van der Waals surface area contributed by atoms with E-state index in [4.69, 9.17) is 0 Å². The second kappa shape index (κ2) is 5.92. The summed E-state index contributed by atoms with van der Waals surface area (Å²) < 4.78 is 38.6. The number of benzene rings is 1. The van der Waals surface area contributed by atoms with Crippen molar-refractivity contribution in [2.75, 3.05) is 20.6 Å². The molecule has 0 amide bonds. The zero-order chi connectivity index (χ0) is 17.7. The number of nitrogens with zero attached hydrogens (tertiary/aromatic N) is 1. The Kier molecular flexibility index (Phi) is 4.33. The second-order valence-electron chi connectivity index (χ2n) is 7.67. The van der Waals surface area contributed by atoms with E-state index in [1.54, 1.807) is 0 Å². The van der Waals surface area contributed by atoms with Gasteiger partial charge in [-0.1, -0.05) is 12.5 Å². The number of phenolic OH excluding ortho intramolecular Hbond substituents is 1. The van der Waals surface area contributed by atoms with Crippen LogP contribution >= 0.6 is 0 Å². The number of alkyl halides is 3. The van der Waals surface area contributed by atoms with E-state index in [0.29, 0.717) is 30.4 Å². The maximum absolute atomic E-state index is 12.9. The van der Waals surface area contributed by atoms with Gasteiger partial charge in [-0.05, 0) is 62.9 Å². The summed E-state index contributed by atoms with van der Waals surface area (Å²) in [5, 5.41) is 21.3. The van der Waals surface area contributed by atoms with Gasteiger partial charge < -0.3 is 15.1 Å². The van der Waals surface area contributed by atoms with E-state index < -0.39 is 23.1 Å². The van der Waals surface area contributed by atoms with E-state index in [0.717, 1.165) is 31.4 Å². The third-order valence-electron chi connectivity index (χ3n) is 5.73. The largest absolute Gasteiger partial charge is 0.507 e. The van der Waals surface area contributed by atoms with Gasteiger partial charge in [0, 0.05) is 12.5 Å². The first-order valence-corrected chi connectivity index (χ1v) is 8.39. The highest BCUT2D eigenvalue weighted by molar-refractivity contribution is 5.41. The number of fused-ring (bicyclic) bond motifs is 2. The van der Waals surface area contributed by atoms with Crippen LogP contribution in [0.1, 0.15) is 36.8 Å². The van der Waals surface area contributed by atoms with Gasteiger partial charge in [0.25, 0.3) is 0 Å². The van der Waals surface area contributed by atoms with Crippen molar-refractivity contribution in [2.24, 2.45) is 17.8 Å². The van der Waals surface area contributed by atoms with Crippen LogP contribution in [0.25, 0.3) is 0 Å². The molecular formula is C18H24F3NO2. The van der Waals surface area contributed by atoms with Crippen LogP contribution in [0.4, 0.5) is 13.2 Å². The average Bonchev–Trinajstić information content (AvgIpc) is 2.85. The van der Waals surface area contributed by atoms with Crippen LogP contribution in [0.3, 0.4) is 0 Å². The van der Waals surface area contributed by atoms with Gasteiger partial charge >= 0.3 is 6.18 Å². The van der Waals surface area contributed by atoms with Crippen molar-refractivity contribution >= 4 is 0 Å². The molecule has 2 bridgehead atoms. The molecule has 2 saturated carbocycles. The van der Waals surface area contributed by atoms with Crippen LogP contribution in [0.15, 0.2) is 18.2 Å². The summed E-state index contributed by atoms with van der Waals surface area (Å²) in [4.78, 5) is 2.01. The smallest absolute Gasteiger partial charge is 0.419 e. The fourth-order valence-electron chi connectivity index (χ4n) is 4.71. The Labute approximate surface area is 140 Å². The molecule has 24 heavy (non-hydrogen) atoms. The molecule has 0 aliphatic heterocycles. The molecule has 0 saturated heterocycles. The zero-order valence-electron chi connectivity index (χ0n) is 14.0. The number of phenols is 1. The Morgan fingerprint density at radius 1 is 1.25 bits per heavy atom. The van der Waals surface area contributed by atoms with Gasteiger partial charge in [0.15, 0.2) is 0 Å². The Hall–Kier alpha value is -1.27. The van der Waals surface area contributed by atoms with Crippen molar-refractivity contribution in [1.29, 1.82) is 0 Å². The fourth-order valence-corrected chi connectivity index (χ4v) is 4.71. The topological polar surface area (TPSA) is 43.7 Å². The van der Waals surface area contributed by atoms with E-state index in [2.05, 4.69) is 0 Å². The van der Waals surface area contributed by atoms with E-state index in [1.807, 2.05) is 19.0 Å². The van der Waals surface area contributed by atoms with Crippen LogP contribution in [-0.2, 0) is 11.8 Å². The maximum atomic E-state index is 12.9. The predicted octanol–water partition coefficient (Wildman–Crippen LogP) is 3.60. The van der Waals surface area contributed by atoms with E-state index in [1.165, 1.54) is 6.07 Å². The number of hydrogen-bond donors (Lipinski definition) is 2. The Morgan fingerprint density at radius 2 is 1.96 bits per heavy atom. The highest BCUT2D eigenvalue weighted by Gasteiger charge is 2.51. The normalized spacial score (nSPS) is 33.2. The molecule has 3 unspecified atom stereocenters. The first-order chi connectivity index (χ1) is 11.1. The molecule has 3 rings (SSSR count). The van der Waals surface area contributed by atoms with Gasteiger partial charge in [0.05, 0.1) is 11.2 Å². The van der Waals surface area contributed by atoms with Crippen LogP contribution in [0.2, 0.25) is 0 Å². The van der Waals surface area contributed by atoms with Crippen LogP contribution in [0.5, 0.6) is 5.75 Å². The molecule has 4 atom stereocenters. The summed E-state index contributed by atoms with van der Waals surface area (Å²) in [6.07, 6.45) is -0.859. The summed E-state index contributed by atoms with van der Waals surface area (Å²) >= 11 is 0. The number of halogens is 3. The van der Waals surface area contributed by atoms with Gasteiger partial charge in [0.1, 0.15) is 5.75 Å². The maximum Gasteiger partial charge on any atom is 0.419 e. The fraction of sp³-hybridized carbons (Fsp3) is 0.667. The minimum atomic E-state index is -4.60. The molecule has 6 heteroatoms. The third-order valence-corrected chi connectivity index (χ3v) is 5.73. The average molecular weight is 343 g/mol. The Balaban J connectivity index is 2.00. The van der Waals surface area contributed by atoms with Crippen molar-refractivity contribution in [3.63, 3.8) is 0 Å². The number of aliphatic hydroxyl groups is 1. The lowest BCUT2D eigenvalue weighted by Gasteiger charge is -2.45. The minimum absolute atomic E-state index is 0.0395. The van der Waals surface area contributed by atoms with Crippen LogP contribution in [0, 0.1) is 17.8 Å². The van der Waals surface area contributed by atoms with Gasteiger partial charge in [-0.2, -0.15) is 13.2 Å². The molecule has 0 radical (unpaired) electrons. The van der Waals surface area contributed by atoms with Crippen molar-refractivity contribution in [1.82, 2.24) is 4.90 Å². The van der Waals surface area contributed by atoms with Crippen molar-refractivity contribution in [3.05, 3.63) is 29.3 Å². The Morgan fingerprint density at radius 3 is 2.54 bits per heavy atom. The highest BCUT2D eigenvalue weighted by Crippen LogP contribution is 2.54. The zero-order valence-corrected chi connectivity index (χ0v) is 14.0.